The summed E-state index contributed by atoms with van der Waals surface area (Å²) in [7, 11) is 2.26. The predicted octanol–water partition coefficient (Wildman–Crippen LogP) is 1.98. The average molecular weight is 393 g/mol. The van der Waals surface area contributed by atoms with E-state index in [1.165, 1.54) is 90.6 Å². The molecule has 0 spiro atoms. The van der Waals surface area contributed by atoms with Crippen LogP contribution in [0.25, 0.3) is 0 Å². The molecule has 3 rings (SSSR count). The first kappa shape index (κ1) is 21.8. The van der Waals surface area contributed by atoms with Crippen LogP contribution in [0.5, 0.6) is 0 Å². The predicted molar refractivity (Wildman–Crippen MR) is 119 cm³/mol. The van der Waals surface area contributed by atoms with Gasteiger partial charge < -0.3 is 20.4 Å². The Balaban J connectivity index is 1.57. The van der Waals surface area contributed by atoms with E-state index in [1.54, 1.807) is 0 Å². The standard InChI is InChI=1S/C22H44N6/c1-3-23-21(24-12-19-27-13-6-4-7-14-27)25-20-22(10-17-26(2)18-11-22)28-15-8-5-9-16-28/h3-20H2,1-2H3,(H2,23,24,25). The van der Waals surface area contributed by atoms with Gasteiger partial charge in [0.15, 0.2) is 5.96 Å². The van der Waals surface area contributed by atoms with E-state index in [1.807, 2.05) is 0 Å². The molecule has 3 heterocycles. The van der Waals surface area contributed by atoms with Gasteiger partial charge in [-0.05, 0) is 91.8 Å². The van der Waals surface area contributed by atoms with Crippen molar-refractivity contribution >= 4 is 5.96 Å². The average Bonchev–Trinajstić information content (AvgIpc) is 2.75. The highest BCUT2D eigenvalue weighted by Gasteiger charge is 2.39. The second-order valence-corrected chi connectivity index (χ2v) is 9.10. The smallest absolute Gasteiger partial charge is 0.191 e. The van der Waals surface area contributed by atoms with Gasteiger partial charge in [0, 0.05) is 25.2 Å². The molecule has 0 unspecified atom stereocenters. The number of hydrogen-bond donors (Lipinski definition) is 2. The Morgan fingerprint density at radius 2 is 1.50 bits per heavy atom. The third-order valence-electron chi connectivity index (χ3n) is 6.99. The van der Waals surface area contributed by atoms with E-state index in [2.05, 4.69) is 39.3 Å². The Bertz CT molecular complexity index is 460. The third-order valence-corrected chi connectivity index (χ3v) is 6.99. The van der Waals surface area contributed by atoms with E-state index in [-0.39, 0.29) is 5.54 Å². The SMILES string of the molecule is CCNC(=NCC1(N2CCCCC2)CCN(C)CC1)NCCN1CCCCC1. The van der Waals surface area contributed by atoms with Crippen LogP contribution in [0.1, 0.15) is 58.3 Å². The molecule has 0 atom stereocenters. The molecule has 0 amide bonds. The Morgan fingerprint density at radius 3 is 2.14 bits per heavy atom. The largest absolute Gasteiger partial charge is 0.357 e. The normalized spacial score (nSPS) is 25.6. The molecule has 0 radical (unpaired) electrons. The van der Waals surface area contributed by atoms with E-state index in [9.17, 15) is 0 Å². The van der Waals surface area contributed by atoms with Crippen molar-refractivity contribution in [1.29, 1.82) is 0 Å². The van der Waals surface area contributed by atoms with Crippen molar-refractivity contribution in [3.63, 3.8) is 0 Å². The fourth-order valence-electron chi connectivity index (χ4n) is 5.06. The molecule has 0 aliphatic carbocycles. The van der Waals surface area contributed by atoms with Crippen LogP contribution in [0.3, 0.4) is 0 Å². The molecular weight excluding hydrogens is 348 g/mol. The zero-order valence-corrected chi connectivity index (χ0v) is 18.5. The van der Waals surface area contributed by atoms with Crippen molar-refractivity contribution < 1.29 is 0 Å². The van der Waals surface area contributed by atoms with Gasteiger partial charge in [-0.1, -0.05) is 12.8 Å². The second kappa shape index (κ2) is 11.4. The Kier molecular flexibility index (Phi) is 8.87. The van der Waals surface area contributed by atoms with Crippen molar-refractivity contribution in [2.75, 3.05) is 72.5 Å². The number of piperidine rings is 3. The van der Waals surface area contributed by atoms with Gasteiger partial charge in [-0.3, -0.25) is 9.89 Å². The molecule has 3 aliphatic rings. The summed E-state index contributed by atoms with van der Waals surface area (Å²) in [5.74, 6) is 1.01. The van der Waals surface area contributed by atoms with Crippen LogP contribution in [-0.4, -0.2) is 98.7 Å². The van der Waals surface area contributed by atoms with Crippen LogP contribution >= 0.6 is 0 Å². The van der Waals surface area contributed by atoms with E-state index >= 15 is 0 Å². The minimum atomic E-state index is 0.266. The summed E-state index contributed by atoms with van der Waals surface area (Å²) in [5.41, 5.74) is 0.266. The molecule has 6 heteroatoms. The van der Waals surface area contributed by atoms with Gasteiger partial charge in [0.2, 0.25) is 0 Å². The summed E-state index contributed by atoms with van der Waals surface area (Å²) in [5, 5.41) is 7.09. The van der Waals surface area contributed by atoms with E-state index in [0.29, 0.717) is 0 Å². The molecule has 3 fully saturated rings. The highest BCUT2D eigenvalue weighted by atomic mass is 15.3. The maximum Gasteiger partial charge on any atom is 0.191 e. The minimum Gasteiger partial charge on any atom is -0.357 e. The van der Waals surface area contributed by atoms with E-state index < -0.39 is 0 Å². The number of guanidine groups is 1. The Hall–Kier alpha value is -0.850. The van der Waals surface area contributed by atoms with Gasteiger partial charge in [0.25, 0.3) is 0 Å². The zero-order chi connectivity index (χ0) is 19.7. The van der Waals surface area contributed by atoms with Gasteiger partial charge in [-0.25, -0.2) is 0 Å². The lowest BCUT2D eigenvalue weighted by molar-refractivity contribution is 0.0208. The maximum atomic E-state index is 5.11. The van der Waals surface area contributed by atoms with Crippen LogP contribution in [0, 0.1) is 0 Å². The van der Waals surface area contributed by atoms with Crippen LogP contribution in [0.4, 0.5) is 0 Å². The van der Waals surface area contributed by atoms with Gasteiger partial charge in [-0.2, -0.15) is 0 Å². The maximum absolute atomic E-state index is 5.11. The van der Waals surface area contributed by atoms with Gasteiger partial charge >= 0.3 is 0 Å². The number of likely N-dealkylation sites (tertiary alicyclic amines) is 3. The van der Waals surface area contributed by atoms with E-state index in [4.69, 9.17) is 4.99 Å². The lowest BCUT2D eigenvalue weighted by Gasteiger charge is -2.49. The summed E-state index contributed by atoms with van der Waals surface area (Å²) < 4.78 is 0. The summed E-state index contributed by atoms with van der Waals surface area (Å²) in [4.78, 5) is 13.0. The summed E-state index contributed by atoms with van der Waals surface area (Å²) in [6, 6.07) is 0. The molecule has 28 heavy (non-hydrogen) atoms. The third kappa shape index (κ3) is 6.33. The first-order valence-electron chi connectivity index (χ1n) is 11.9. The fraction of sp³-hybridized carbons (Fsp3) is 0.955. The van der Waals surface area contributed by atoms with Crippen molar-refractivity contribution in [2.45, 2.75) is 63.8 Å². The number of nitrogens with one attached hydrogen (secondary N) is 2. The molecule has 2 N–H and O–H groups in total. The van der Waals surface area contributed by atoms with Gasteiger partial charge in [0.1, 0.15) is 0 Å². The van der Waals surface area contributed by atoms with Crippen LogP contribution in [0.2, 0.25) is 0 Å². The first-order valence-corrected chi connectivity index (χ1v) is 11.9. The summed E-state index contributed by atoms with van der Waals surface area (Å²) in [6.45, 7) is 13.6. The van der Waals surface area contributed by atoms with Crippen molar-refractivity contribution in [3.8, 4) is 0 Å². The number of hydrogen-bond acceptors (Lipinski definition) is 4. The number of aliphatic imine (C=N–C) groups is 1. The minimum absolute atomic E-state index is 0.266. The summed E-state index contributed by atoms with van der Waals surface area (Å²) >= 11 is 0. The fourth-order valence-corrected chi connectivity index (χ4v) is 5.06. The van der Waals surface area contributed by atoms with E-state index in [0.717, 1.165) is 32.1 Å². The highest BCUT2D eigenvalue weighted by molar-refractivity contribution is 5.79. The lowest BCUT2D eigenvalue weighted by Crippen LogP contribution is -2.58. The van der Waals surface area contributed by atoms with Crippen LogP contribution < -0.4 is 10.6 Å². The molecule has 0 aromatic rings. The van der Waals surface area contributed by atoms with Crippen molar-refractivity contribution in [1.82, 2.24) is 25.3 Å². The Labute approximate surface area is 173 Å². The van der Waals surface area contributed by atoms with Crippen molar-refractivity contribution in [2.24, 2.45) is 4.99 Å². The van der Waals surface area contributed by atoms with Gasteiger partial charge in [0.05, 0.1) is 6.54 Å². The molecule has 0 aromatic heterocycles. The zero-order valence-electron chi connectivity index (χ0n) is 18.5. The number of rotatable bonds is 7. The second-order valence-electron chi connectivity index (χ2n) is 9.10. The van der Waals surface area contributed by atoms with Gasteiger partial charge in [-0.15, -0.1) is 0 Å². The molecule has 6 nitrogen and oxygen atoms in total. The monoisotopic (exact) mass is 392 g/mol. The molecule has 3 aliphatic heterocycles. The number of nitrogens with zero attached hydrogens (tertiary/aromatic N) is 4. The molecule has 0 bridgehead atoms. The molecular formula is C22H44N6. The molecule has 162 valence electrons. The topological polar surface area (TPSA) is 46.1 Å². The lowest BCUT2D eigenvalue weighted by atomic mass is 9.84. The Morgan fingerprint density at radius 1 is 0.857 bits per heavy atom. The van der Waals surface area contributed by atoms with Crippen molar-refractivity contribution in [3.05, 3.63) is 0 Å². The highest BCUT2D eigenvalue weighted by Crippen LogP contribution is 2.31. The summed E-state index contributed by atoms with van der Waals surface area (Å²) in [6.07, 6.45) is 10.7. The molecule has 3 saturated heterocycles. The molecule has 0 saturated carbocycles. The molecule has 0 aromatic carbocycles. The first-order chi connectivity index (χ1) is 13.7. The quantitative estimate of drug-likeness (QED) is 0.512. The van der Waals surface area contributed by atoms with Crippen LogP contribution in [-0.2, 0) is 0 Å². The van der Waals surface area contributed by atoms with Crippen LogP contribution in [0.15, 0.2) is 4.99 Å².